The topological polar surface area (TPSA) is 20.3 Å². The zero-order valence-electron chi connectivity index (χ0n) is 7.48. The number of nitrogens with zero attached hydrogens (tertiary/aromatic N) is 1. The highest BCUT2D eigenvalue weighted by Gasteiger charge is 2.34. The van der Waals surface area contributed by atoms with Gasteiger partial charge in [0.25, 0.3) is 0 Å². The molecule has 0 aromatic rings. The Morgan fingerprint density at radius 1 is 1.36 bits per heavy atom. The van der Waals surface area contributed by atoms with E-state index in [1.807, 2.05) is 0 Å². The average molecular weight is 274 g/mol. The van der Waals surface area contributed by atoms with Crippen LogP contribution in [0.5, 0.6) is 0 Å². The van der Waals surface area contributed by atoms with Crippen LogP contribution in [0.15, 0.2) is 0 Å². The van der Waals surface area contributed by atoms with E-state index in [9.17, 15) is 18.0 Å². The summed E-state index contributed by atoms with van der Waals surface area (Å²) in [5.41, 5.74) is 0. The molecule has 0 N–H and O–H groups in total. The normalized spacial score (nSPS) is 19.9. The fourth-order valence-electron chi connectivity index (χ4n) is 1.38. The van der Waals surface area contributed by atoms with Gasteiger partial charge in [-0.2, -0.15) is 13.2 Å². The molecule has 0 aliphatic carbocycles. The standard InChI is InChI=1S/C8H11BrF3NO/c9-6-1-3-13(4-2-6)7(14)5-8(10,11)12/h6H,1-5H2. The Labute approximate surface area is 88.6 Å². The number of hydrogen-bond donors (Lipinski definition) is 0. The number of hydrogen-bond acceptors (Lipinski definition) is 1. The first-order valence-corrected chi connectivity index (χ1v) is 5.28. The summed E-state index contributed by atoms with van der Waals surface area (Å²) in [4.78, 5) is 12.7. The maximum absolute atomic E-state index is 11.9. The van der Waals surface area contributed by atoms with Crippen LogP contribution < -0.4 is 0 Å². The molecule has 1 saturated heterocycles. The first-order valence-electron chi connectivity index (χ1n) is 4.37. The number of rotatable bonds is 1. The molecular weight excluding hydrogens is 263 g/mol. The van der Waals surface area contributed by atoms with Crippen molar-refractivity contribution in [3.8, 4) is 0 Å². The Bertz CT molecular complexity index is 211. The third-order valence-corrected chi connectivity index (χ3v) is 3.04. The van der Waals surface area contributed by atoms with E-state index in [1.54, 1.807) is 0 Å². The van der Waals surface area contributed by atoms with E-state index in [-0.39, 0.29) is 0 Å². The van der Waals surface area contributed by atoms with E-state index in [0.29, 0.717) is 17.9 Å². The molecule has 0 spiro atoms. The third kappa shape index (κ3) is 3.86. The molecule has 1 heterocycles. The summed E-state index contributed by atoms with van der Waals surface area (Å²) in [6.07, 6.45) is -4.27. The Kier molecular flexibility index (Phi) is 3.80. The lowest BCUT2D eigenvalue weighted by Gasteiger charge is -2.29. The largest absolute Gasteiger partial charge is 0.397 e. The van der Waals surface area contributed by atoms with Crippen LogP contribution in [0.25, 0.3) is 0 Å². The zero-order chi connectivity index (χ0) is 10.8. The van der Waals surface area contributed by atoms with E-state index in [0.717, 1.165) is 12.8 Å². The molecule has 1 aliphatic heterocycles. The van der Waals surface area contributed by atoms with Gasteiger partial charge in [-0.15, -0.1) is 0 Å². The molecule has 1 aliphatic rings. The van der Waals surface area contributed by atoms with Crippen molar-refractivity contribution in [3.63, 3.8) is 0 Å². The van der Waals surface area contributed by atoms with Crippen molar-refractivity contribution in [2.24, 2.45) is 0 Å². The number of piperidine rings is 1. The molecule has 2 nitrogen and oxygen atoms in total. The minimum atomic E-state index is -4.39. The van der Waals surface area contributed by atoms with Gasteiger partial charge in [-0.3, -0.25) is 4.79 Å². The number of carbonyl (C=O) groups excluding carboxylic acids is 1. The van der Waals surface area contributed by atoms with Gasteiger partial charge in [0.1, 0.15) is 6.42 Å². The summed E-state index contributed by atoms with van der Waals surface area (Å²) in [6.45, 7) is 0.843. The number of alkyl halides is 4. The summed E-state index contributed by atoms with van der Waals surface area (Å²) >= 11 is 3.37. The number of likely N-dealkylation sites (tertiary alicyclic amines) is 1. The van der Waals surface area contributed by atoms with Gasteiger partial charge in [-0.05, 0) is 12.8 Å². The molecule has 0 bridgehead atoms. The summed E-state index contributed by atoms with van der Waals surface area (Å²) in [5.74, 6) is -0.808. The minimum absolute atomic E-state index is 0.331. The lowest BCUT2D eigenvalue weighted by atomic mass is 10.1. The summed E-state index contributed by atoms with van der Waals surface area (Å²) < 4.78 is 35.6. The molecule has 0 aromatic carbocycles. The van der Waals surface area contributed by atoms with Crippen LogP contribution in [-0.2, 0) is 4.79 Å². The molecule has 82 valence electrons. The van der Waals surface area contributed by atoms with Crippen LogP contribution in [0.1, 0.15) is 19.3 Å². The van der Waals surface area contributed by atoms with Gasteiger partial charge >= 0.3 is 6.18 Å². The minimum Gasteiger partial charge on any atom is -0.342 e. The zero-order valence-corrected chi connectivity index (χ0v) is 9.07. The van der Waals surface area contributed by atoms with Crippen LogP contribution in [0.2, 0.25) is 0 Å². The molecule has 1 rings (SSSR count). The van der Waals surface area contributed by atoms with Crippen molar-refractivity contribution in [1.82, 2.24) is 4.90 Å². The highest BCUT2D eigenvalue weighted by molar-refractivity contribution is 9.09. The molecule has 0 saturated carbocycles. The number of amides is 1. The fourth-order valence-corrected chi connectivity index (χ4v) is 1.79. The molecule has 0 atom stereocenters. The fraction of sp³-hybridized carbons (Fsp3) is 0.875. The Hall–Kier alpha value is -0.260. The summed E-state index contributed by atoms with van der Waals surface area (Å²) in [6, 6.07) is 0. The second-order valence-electron chi connectivity index (χ2n) is 3.35. The Morgan fingerprint density at radius 3 is 2.29 bits per heavy atom. The van der Waals surface area contributed by atoms with Crippen LogP contribution in [0, 0.1) is 0 Å². The summed E-state index contributed by atoms with van der Waals surface area (Å²) in [7, 11) is 0. The van der Waals surface area contributed by atoms with E-state index >= 15 is 0 Å². The average Bonchev–Trinajstić information content (AvgIpc) is 2.02. The lowest BCUT2D eigenvalue weighted by molar-refractivity contribution is -0.161. The van der Waals surface area contributed by atoms with Crippen molar-refractivity contribution in [2.45, 2.75) is 30.3 Å². The number of carbonyl (C=O) groups is 1. The van der Waals surface area contributed by atoms with E-state index in [2.05, 4.69) is 15.9 Å². The Balaban J connectivity index is 2.38. The Morgan fingerprint density at radius 2 is 1.86 bits per heavy atom. The van der Waals surface area contributed by atoms with Gasteiger partial charge in [0.05, 0.1) is 0 Å². The molecule has 14 heavy (non-hydrogen) atoms. The second-order valence-corrected chi connectivity index (χ2v) is 4.64. The molecule has 1 fully saturated rings. The van der Waals surface area contributed by atoms with Crippen molar-refractivity contribution >= 4 is 21.8 Å². The molecule has 0 aromatic heterocycles. The second kappa shape index (κ2) is 4.51. The highest BCUT2D eigenvalue weighted by atomic mass is 79.9. The van der Waals surface area contributed by atoms with Crippen LogP contribution in [-0.4, -0.2) is 34.9 Å². The quantitative estimate of drug-likeness (QED) is 0.672. The molecule has 0 radical (unpaired) electrons. The molecule has 6 heteroatoms. The smallest absolute Gasteiger partial charge is 0.342 e. The van der Waals surface area contributed by atoms with Gasteiger partial charge < -0.3 is 4.90 Å². The SMILES string of the molecule is O=C(CC(F)(F)F)N1CCC(Br)CC1. The first kappa shape index (κ1) is 11.8. The van der Waals surface area contributed by atoms with Crippen molar-refractivity contribution < 1.29 is 18.0 Å². The monoisotopic (exact) mass is 273 g/mol. The predicted octanol–water partition coefficient (Wildman–Crippen LogP) is 2.32. The first-order chi connectivity index (χ1) is 6.38. The maximum atomic E-state index is 11.9. The van der Waals surface area contributed by atoms with Crippen molar-refractivity contribution in [1.29, 1.82) is 0 Å². The van der Waals surface area contributed by atoms with E-state index in [4.69, 9.17) is 0 Å². The summed E-state index contributed by atoms with van der Waals surface area (Å²) in [5, 5.41) is 0. The van der Waals surface area contributed by atoms with Gasteiger partial charge in [0, 0.05) is 17.9 Å². The maximum Gasteiger partial charge on any atom is 0.397 e. The van der Waals surface area contributed by atoms with E-state index in [1.165, 1.54) is 4.90 Å². The van der Waals surface area contributed by atoms with Crippen LogP contribution in [0.4, 0.5) is 13.2 Å². The van der Waals surface area contributed by atoms with E-state index < -0.39 is 18.5 Å². The van der Waals surface area contributed by atoms with Crippen LogP contribution in [0.3, 0.4) is 0 Å². The number of halogens is 4. The van der Waals surface area contributed by atoms with Gasteiger partial charge in [-0.25, -0.2) is 0 Å². The molecule has 0 unspecified atom stereocenters. The van der Waals surface area contributed by atoms with Gasteiger partial charge in [0.2, 0.25) is 5.91 Å². The van der Waals surface area contributed by atoms with Crippen molar-refractivity contribution in [3.05, 3.63) is 0 Å². The lowest BCUT2D eigenvalue weighted by Crippen LogP contribution is -2.40. The predicted molar refractivity (Wildman–Crippen MR) is 49.2 cm³/mol. The molecular formula is C8H11BrF3NO. The highest BCUT2D eigenvalue weighted by Crippen LogP contribution is 2.23. The van der Waals surface area contributed by atoms with Crippen LogP contribution >= 0.6 is 15.9 Å². The third-order valence-electron chi connectivity index (χ3n) is 2.13. The van der Waals surface area contributed by atoms with Crippen molar-refractivity contribution in [2.75, 3.05) is 13.1 Å². The van der Waals surface area contributed by atoms with Gasteiger partial charge in [-0.1, -0.05) is 15.9 Å². The van der Waals surface area contributed by atoms with Gasteiger partial charge in [0.15, 0.2) is 0 Å². The molecule has 1 amide bonds.